The third-order valence-corrected chi connectivity index (χ3v) is 2.51. The summed E-state index contributed by atoms with van der Waals surface area (Å²) < 4.78 is 13.8. The van der Waals surface area contributed by atoms with Crippen LogP contribution in [-0.2, 0) is 10.5 Å². The fourth-order valence-electron chi connectivity index (χ4n) is 0.995. The zero-order valence-electron chi connectivity index (χ0n) is 8.03. The van der Waals surface area contributed by atoms with Crippen LogP contribution in [0.2, 0.25) is 0 Å². The molecule has 14 heavy (non-hydrogen) atoms. The Morgan fingerprint density at radius 1 is 1.71 bits per heavy atom. The first-order valence-corrected chi connectivity index (χ1v) is 5.41. The van der Waals surface area contributed by atoms with E-state index in [-0.39, 0.29) is 12.1 Å². The first kappa shape index (κ1) is 11.1. The van der Waals surface area contributed by atoms with Gasteiger partial charge in [0, 0.05) is 6.20 Å². The molecule has 0 N–H and O–H groups in total. The first-order chi connectivity index (χ1) is 6.66. The highest BCUT2D eigenvalue weighted by Gasteiger charge is 2.31. The molecule has 1 heterocycles. The molecule has 0 aromatic carbocycles. The first-order valence-electron chi connectivity index (χ1n) is 4.19. The van der Waals surface area contributed by atoms with Crippen LogP contribution in [-0.4, -0.2) is 22.5 Å². The minimum absolute atomic E-state index is 0.0847. The van der Waals surface area contributed by atoms with E-state index in [0.29, 0.717) is 11.4 Å². The van der Waals surface area contributed by atoms with Gasteiger partial charge in [0.05, 0.1) is 5.69 Å². The second kappa shape index (κ2) is 4.50. The van der Waals surface area contributed by atoms with Gasteiger partial charge in [0.1, 0.15) is 0 Å². The van der Waals surface area contributed by atoms with Crippen LogP contribution in [0.4, 0.5) is 4.39 Å². The Morgan fingerprint density at radius 3 is 2.93 bits per heavy atom. The van der Waals surface area contributed by atoms with E-state index in [1.54, 1.807) is 13.2 Å². The predicted octanol–water partition coefficient (Wildman–Crippen LogP) is 1.97. The van der Waals surface area contributed by atoms with Gasteiger partial charge in [-0.25, -0.2) is 14.4 Å². The number of alkyl halides is 1. The lowest BCUT2D eigenvalue weighted by Crippen LogP contribution is -2.22. The van der Waals surface area contributed by atoms with Gasteiger partial charge in [-0.3, -0.25) is 4.79 Å². The van der Waals surface area contributed by atoms with Crippen molar-refractivity contribution in [3.63, 3.8) is 0 Å². The zero-order valence-corrected chi connectivity index (χ0v) is 8.84. The molecule has 0 aliphatic heterocycles. The van der Waals surface area contributed by atoms with Gasteiger partial charge >= 0.3 is 0 Å². The molecule has 0 saturated carbocycles. The SMILES string of the molecule is CCC(F)(C=O)c1ccnc(SC)n1. The second-order valence-corrected chi connectivity index (χ2v) is 3.54. The minimum Gasteiger partial charge on any atom is -0.299 e. The summed E-state index contributed by atoms with van der Waals surface area (Å²) in [5.74, 6) is 0. The molecular weight excluding hydrogens is 203 g/mol. The normalized spacial score (nSPS) is 14.8. The van der Waals surface area contributed by atoms with Gasteiger partial charge in [-0.2, -0.15) is 0 Å². The van der Waals surface area contributed by atoms with E-state index in [9.17, 15) is 9.18 Å². The molecule has 0 amide bonds. The molecule has 0 aliphatic carbocycles. The molecule has 1 unspecified atom stereocenters. The minimum atomic E-state index is -1.98. The molecule has 0 fully saturated rings. The van der Waals surface area contributed by atoms with Gasteiger partial charge < -0.3 is 0 Å². The van der Waals surface area contributed by atoms with E-state index >= 15 is 0 Å². The van der Waals surface area contributed by atoms with Gasteiger partial charge in [0.2, 0.25) is 5.67 Å². The molecule has 3 nitrogen and oxygen atoms in total. The Morgan fingerprint density at radius 2 is 2.43 bits per heavy atom. The number of carbonyl (C=O) groups is 1. The number of carbonyl (C=O) groups excluding carboxylic acids is 1. The van der Waals surface area contributed by atoms with Crippen molar-refractivity contribution in [2.45, 2.75) is 24.2 Å². The zero-order chi connectivity index (χ0) is 10.6. The number of hydrogen-bond donors (Lipinski definition) is 0. The van der Waals surface area contributed by atoms with Gasteiger partial charge in [0.15, 0.2) is 11.4 Å². The smallest absolute Gasteiger partial charge is 0.207 e. The summed E-state index contributed by atoms with van der Waals surface area (Å²) in [6, 6.07) is 1.43. The lowest BCUT2D eigenvalue weighted by Gasteiger charge is -2.15. The van der Waals surface area contributed by atoms with Gasteiger partial charge in [-0.05, 0) is 18.7 Å². The van der Waals surface area contributed by atoms with Crippen LogP contribution in [0.15, 0.2) is 17.4 Å². The highest BCUT2D eigenvalue weighted by Crippen LogP contribution is 2.26. The molecule has 1 aromatic heterocycles. The maximum atomic E-state index is 13.8. The number of aromatic nitrogens is 2. The Labute approximate surface area is 86.1 Å². The van der Waals surface area contributed by atoms with Gasteiger partial charge in [0.25, 0.3) is 0 Å². The molecule has 0 radical (unpaired) electrons. The van der Waals surface area contributed by atoms with Crippen LogP contribution in [0.1, 0.15) is 19.0 Å². The molecule has 1 aromatic rings. The molecule has 0 bridgehead atoms. The van der Waals surface area contributed by atoms with Crippen LogP contribution >= 0.6 is 11.8 Å². The maximum absolute atomic E-state index is 13.8. The highest BCUT2D eigenvalue weighted by molar-refractivity contribution is 7.98. The van der Waals surface area contributed by atoms with Crippen molar-refractivity contribution in [2.24, 2.45) is 0 Å². The summed E-state index contributed by atoms with van der Waals surface area (Å²) >= 11 is 1.32. The van der Waals surface area contributed by atoms with Crippen LogP contribution in [0.25, 0.3) is 0 Å². The lowest BCUT2D eigenvalue weighted by molar-refractivity contribution is -0.118. The average Bonchev–Trinajstić information content (AvgIpc) is 2.28. The summed E-state index contributed by atoms with van der Waals surface area (Å²) in [7, 11) is 0. The maximum Gasteiger partial charge on any atom is 0.207 e. The molecule has 1 atom stereocenters. The largest absolute Gasteiger partial charge is 0.299 e. The Hall–Kier alpha value is -0.970. The molecule has 1 rings (SSSR count). The fraction of sp³-hybridized carbons (Fsp3) is 0.444. The van der Waals surface area contributed by atoms with Crippen molar-refractivity contribution in [1.29, 1.82) is 0 Å². The van der Waals surface area contributed by atoms with Crippen molar-refractivity contribution >= 4 is 18.0 Å². The van der Waals surface area contributed by atoms with E-state index in [1.807, 2.05) is 0 Å². The Balaban J connectivity index is 3.10. The summed E-state index contributed by atoms with van der Waals surface area (Å²) in [5, 5.41) is 0.472. The van der Waals surface area contributed by atoms with Crippen molar-refractivity contribution in [3.05, 3.63) is 18.0 Å². The molecule has 0 spiro atoms. The number of rotatable bonds is 4. The van der Waals surface area contributed by atoms with Crippen LogP contribution in [0.5, 0.6) is 0 Å². The Kier molecular flexibility index (Phi) is 3.57. The highest BCUT2D eigenvalue weighted by atomic mass is 32.2. The molecule has 76 valence electrons. The Bertz CT molecular complexity index is 334. The standard InChI is InChI=1S/C9H11FN2OS/c1-3-9(10,6-13)7-4-5-11-8(12-7)14-2/h4-6H,3H2,1-2H3. The van der Waals surface area contributed by atoms with E-state index in [0.717, 1.165) is 0 Å². The molecule has 0 aliphatic rings. The van der Waals surface area contributed by atoms with Crippen LogP contribution in [0, 0.1) is 0 Å². The van der Waals surface area contributed by atoms with Crippen LogP contribution < -0.4 is 0 Å². The van der Waals surface area contributed by atoms with Gasteiger partial charge in [-0.1, -0.05) is 18.7 Å². The number of halogens is 1. The number of nitrogens with zero attached hydrogens (tertiary/aromatic N) is 2. The molecular formula is C9H11FN2OS. The van der Waals surface area contributed by atoms with Crippen molar-refractivity contribution < 1.29 is 9.18 Å². The summed E-state index contributed by atoms with van der Waals surface area (Å²) in [5.41, 5.74) is -1.85. The predicted molar refractivity (Wildman–Crippen MR) is 53.0 cm³/mol. The lowest BCUT2D eigenvalue weighted by atomic mass is 10.0. The topological polar surface area (TPSA) is 42.9 Å². The third-order valence-electron chi connectivity index (χ3n) is 1.94. The van der Waals surface area contributed by atoms with Crippen molar-refractivity contribution in [3.8, 4) is 0 Å². The van der Waals surface area contributed by atoms with Gasteiger partial charge in [-0.15, -0.1) is 0 Å². The van der Waals surface area contributed by atoms with E-state index < -0.39 is 5.67 Å². The second-order valence-electron chi connectivity index (χ2n) is 2.76. The summed E-state index contributed by atoms with van der Waals surface area (Å²) in [6.07, 6.45) is 3.63. The number of aldehydes is 1. The van der Waals surface area contributed by atoms with Crippen molar-refractivity contribution in [1.82, 2.24) is 9.97 Å². The number of thioether (sulfide) groups is 1. The van der Waals surface area contributed by atoms with Crippen molar-refractivity contribution in [2.75, 3.05) is 6.26 Å². The molecule has 5 heteroatoms. The van der Waals surface area contributed by atoms with E-state index in [1.165, 1.54) is 24.0 Å². The fourth-order valence-corrected chi connectivity index (χ4v) is 1.35. The quantitative estimate of drug-likeness (QED) is 0.436. The monoisotopic (exact) mass is 214 g/mol. The summed E-state index contributed by atoms with van der Waals surface area (Å²) in [4.78, 5) is 18.5. The summed E-state index contributed by atoms with van der Waals surface area (Å²) in [6.45, 7) is 1.61. The molecule has 0 saturated heterocycles. The number of hydrogen-bond acceptors (Lipinski definition) is 4. The van der Waals surface area contributed by atoms with Crippen LogP contribution in [0.3, 0.4) is 0 Å². The third kappa shape index (κ3) is 2.09. The van der Waals surface area contributed by atoms with E-state index in [2.05, 4.69) is 9.97 Å². The average molecular weight is 214 g/mol. The van der Waals surface area contributed by atoms with E-state index in [4.69, 9.17) is 0 Å².